The molecule has 2 rings (SSSR count). The van der Waals surface area contributed by atoms with Gasteiger partial charge in [-0.1, -0.05) is 6.92 Å². The summed E-state index contributed by atoms with van der Waals surface area (Å²) in [5.41, 5.74) is 0. The molecule has 2 fully saturated rings. The molecule has 14 heavy (non-hydrogen) atoms. The van der Waals surface area contributed by atoms with E-state index in [1.165, 1.54) is 58.4 Å². The summed E-state index contributed by atoms with van der Waals surface area (Å²) in [5.74, 6) is 0. The number of rotatable bonds is 4. The van der Waals surface area contributed by atoms with Crippen molar-refractivity contribution in [2.75, 3.05) is 32.7 Å². The Labute approximate surface area is 88.3 Å². The molecule has 0 aromatic carbocycles. The van der Waals surface area contributed by atoms with Crippen LogP contribution in [0.25, 0.3) is 0 Å². The maximum absolute atomic E-state index is 3.96. The van der Waals surface area contributed by atoms with E-state index in [0.717, 1.165) is 12.5 Å². The topological polar surface area (TPSA) is 6.48 Å². The van der Waals surface area contributed by atoms with Crippen LogP contribution in [0.3, 0.4) is 0 Å². The molecular weight excluding hydrogens is 172 g/mol. The summed E-state index contributed by atoms with van der Waals surface area (Å²) in [5, 5.41) is 0. The SMILES string of the molecule is [CH2]CCN1CCCC1CN1CCCC1. The van der Waals surface area contributed by atoms with Crippen molar-refractivity contribution in [1.82, 2.24) is 9.80 Å². The van der Waals surface area contributed by atoms with Gasteiger partial charge in [0.1, 0.15) is 0 Å². The summed E-state index contributed by atoms with van der Waals surface area (Å²) in [6.45, 7) is 10.5. The Kier molecular flexibility index (Phi) is 3.82. The first kappa shape index (κ1) is 10.4. The Morgan fingerprint density at radius 1 is 1.07 bits per heavy atom. The molecule has 0 aromatic rings. The average molecular weight is 195 g/mol. The molecule has 1 atom stereocenters. The minimum Gasteiger partial charge on any atom is -0.302 e. The van der Waals surface area contributed by atoms with Crippen LogP contribution in [0.1, 0.15) is 32.1 Å². The van der Waals surface area contributed by atoms with E-state index < -0.39 is 0 Å². The van der Waals surface area contributed by atoms with Gasteiger partial charge in [0.15, 0.2) is 0 Å². The lowest BCUT2D eigenvalue weighted by molar-refractivity contribution is 0.194. The van der Waals surface area contributed by atoms with Crippen molar-refractivity contribution in [3.8, 4) is 0 Å². The highest BCUT2D eigenvalue weighted by Crippen LogP contribution is 2.20. The van der Waals surface area contributed by atoms with Crippen molar-refractivity contribution in [3.05, 3.63) is 6.92 Å². The van der Waals surface area contributed by atoms with Crippen LogP contribution < -0.4 is 0 Å². The lowest BCUT2D eigenvalue weighted by Gasteiger charge is -2.27. The zero-order valence-electron chi connectivity index (χ0n) is 9.25. The predicted octanol–water partition coefficient (Wildman–Crippen LogP) is 1.77. The van der Waals surface area contributed by atoms with E-state index in [4.69, 9.17) is 0 Å². The Morgan fingerprint density at radius 2 is 1.86 bits per heavy atom. The van der Waals surface area contributed by atoms with Crippen LogP contribution in [0.4, 0.5) is 0 Å². The van der Waals surface area contributed by atoms with Crippen LogP contribution >= 0.6 is 0 Å². The van der Waals surface area contributed by atoms with Gasteiger partial charge in [0.25, 0.3) is 0 Å². The van der Waals surface area contributed by atoms with E-state index >= 15 is 0 Å². The predicted molar refractivity (Wildman–Crippen MR) is 60.2 cm³/mol. The molecule has 2 nitrogen and oxygen atoms in total. The quantitative estimate of drug-likeness (QED) is 0.674. The fourth-order valence-corrected chi connectivity index (χ4v) is 2.86. The normalized spacial score (nSPS) is 30.2. The number of nitrogens with zero attached hydrogens (tertiary/aromatic N) is 2. The van der Waals surface area contributed by atoms with Gasteiger partial charge in [0.05, 0.1) is 0 Å². The molecule has 2 saturated heterocycles. The summed E-state index contributed by atoms with van der Waals surface area (Å²) >= 11 is 0. The third-order valence-electron chi connectivity index (χ3n) is 3.61. The fraction of sp³-hybridized carbons (Fsp3) is 0.917. The highest BCUT2D eigenvalue weighted by atomic mass is 15.2. The van der Waals surface area contributed by atoms with Crippen molar-refractivity contribution < 1.29 is 0 Å². The molecular formula is C12H23N2. The standard InChI is InChI=1S/C12H23N2/c1-2-7-14-10-5-6-12(14)11-13-8-3-4-9-13/h12H,1-11H2. The summed E-state index contributed by atoms with van der Waals surface area (Å²) in [6, 6.07) is 0.842. The molecule has 81 valence electrons. The highest BCUT2D eigenvalue weighted by Gasteiger charge is 2.26. The second kappa shape index (κ2) is 5.13. The van der Waals surface area contributed by atoms with Crippen LogP contribution in [0.5, 0.6) is 0 Å². The first-order valence-corrected chi connectivity index (χ1v) is 6.16. The Morgan fingerprint density at radius 3 is 2.57 bits per heavy atom. The summed E-state index contributed by atoms with van der Waals surface area (Å²) in [4.78, 5) is 5.29. The molecule has 1 radical (unpaired) electrons. The van der Waals surface area contributed by atoms with Crippen LogP contribution in [-0.4, -0.2) is 48.6 Å². The number of hydrogen-bond acceptors (Lipinski definition) is 2. The van der Waals surface area contributed by atoms with Crippen LogP contribution in [-0.2, 0) is 0 Å². The van der Waals surface area contributed by atoms with Gasteiger partial charge >= 0.3 is 0 Å². The van der Waals surface area contributed by atoms with Crippen LogP contribution in [0.15, 0.2) is 0 Å². The lowest BCUT2D eigenvalue weighted by Crippen LogP contribution is -2.39. The summed E-state index contributed by atoms with van der Waals surface area (Å²) < 4.78 is 0. The van der Waals surface area contributed by atoms with E-state index in [2.05, 4.69) is 16.7 Å². The number of likely N-dealkylation sites (tertiary alicyclic amines) is 2. The summed E-state index contributed by atoms with van der Waals surface area (Å²) in [6.07, 6.45) is 6.72. The largest absolute Gasteiger partial charge is 0.302 e. The van der Waals surface area contributed by atoms with Crippen molar-refractivity contribution >= 4 is 0 Å². The van der Waals surface area contributed by atoms with Gasteiger partial charge in [-0.3, -0.25) is 4.90 Å². The molecule has 1 unspecified atom stereocenters. The van der Waals surface area contributed by atoms with Crippen LogP contribution in [0, 0.1) is 6.92 Å². The Bertz CT molecular complexity index is 164. The first-order valence-electron chi connectivity index (χ1n) is 6.16. The molecule has 0 spiro atoms. The average Bonchev–Trinajstić information content (AvgIpc) is 2.80. The maximum atomic E-state index is 3.96. The molecule has 0 bridgehead atoms. The Hall–Kier alpha value is -0.0800. The smallest absolute Gasteiger partial charge is 0.0223 e. The third kappa shape index (κ3) is 2.48. The van der Waals surface area contributed by atoms with E-state index in [1.54, 1.807) is 0 Å². The van der Waals surface area contributed by atoms with Crippen molar-refractivity contribution in [2.45, 2.75) is 38.1 Å². The molecule has 0 aromatic heterocycles. The van der Waals surface area contributed by atoms with Gasteiger partial charge in [-0.25, -0.2) is 0 Å². The van der Waals surface area contributed by atoms with E-state index in [9.17, 15) is 0 Å². The van der Waals surface area contributed by atoms with E-state index in [0.29, 0.717) is 0 Å². The third-order valence-corrected chi connectivity index (χ3v) is 3.61. The molecule has 0 saturated carbocycles. The second-order valence-corrected chi connectivity index (χ2v) is 4.69. The second-order valence-electron chi connectivity index (χ2n) is 4.69. The molecule has 2 heteroatoms. The van der Waals surface area contributed by atoms with Gasteiger partial charge in [0, 0.05) is 12.6 Å². The number of hydrogen-bond donors (Lipinski definition) is 0. The zero-order valence-corrected chi connectivity index (χ0v) is 9.25. The van der Waals surface area contributed by atoms with Gasteiger partial charge in [-0.15, -0.1) is 0 Å². The van der Waals surface area contributed by atoms with E-state index in [1.807, 2.05) is 0 Å². The zero-order chi connectivity index (χ0) is 9.80. The van der Waals surface area contributed by atoms with Crippen LogP contribution in [0.2, 0.25) is 0 Å². The monoisotopic (exact) mass is 195 g/mol. The molecule has 0 amide bonds. The molecule has 2 aliphatic heterocycles. The molecule has 2 aliphatic rings. The van der Waals surface area contributed by atoms with Gasteiger partial charge in [0.2, 0.25) is 0 Å². The fourth-order valence-electron chi connectivity index (χ4n) is 2.86. The van der Waals surface area contributed by atoms with Gasteiger partial charge in [-0.05, 0) is 58.3 Å². The summed E-state index contributed by atoms with van der Waals surface area (Å²) in [7, 11) is 0. The van der Waals surface area contributed by atoms with E-state index in [-0.39, 0.29) is 0 Å². The maximum Gasteiger partial charge on any atom is 0.0223 e. The van der Waals surface area contributed by atoms with Crippen molar-refractivity contribution in [3.63, 3.8) is 0 Å². The Balaban J connectivity index is 1.77. The van der Waals surface area contributed by atoms with Crippen molar-refractivity contribution in [2.24, 2.45) is 0 Å². The first-order chi connectivity index (χ1) is 6.90. The molecule has 2 heterocycles. The molecule has 0 N–H and O–H groups in total. The highest BCUT2D eigenvalue weighted by molar-refractivity contribution is 4.83. The van der Waals surface area contributed by atoms with Crippen molar-refractivity contribution in [1.29, 1.82) is 0 Å². The van der Waals surface area contributed by atoms with Gasteiger partial charge in [-0.2, -0.15) is 0 Å². The lowest BCUT2D eigenvalue weighted by atomic mass is 10.2. The minimum atomic E-state index is 0.842. The van der Waals surface area contributed by atoms with Gasteiger partial charge < -0.3 is 4.90 Å². The minimum absolute atomic E-state index is 0.842. The molecule has 0 aliphatic carbocycles.